The Morgan fingerprint density at radius 1 is 1.05 bits per heavy atom. The van der Waals surface area contributed by atoms with Gasteiger partial charge >= 0.3 is 0 Å². The van der Waals surface area contributed by atoms with E-state index >= 15 is 0 Å². The first-order chi connectivity index (χ1) is 10.1. The number of nitrogens with zero attached hydrogens (tertiary/aromatic N) is 1. The van der Waals surface area contributed by atoms with Gasteiger partial charge in [0, 0.05) is 21.6 Å². The number of hydrogen-bond acceptors (Lipinski definition) is 2. The molecule has 0 saturated carbocycles. The predicted molar refractivity (Wildman–Crippen MR) is 92.0 cm³/mol. The lowest BCUT2D eigenvalue weighted by molar-refractivity contribution is 0.481. The summed E-state index contributed by atoms with van der Waals surface area (Å²) in [5, 5.41) is 12.7. The average molecular weight is 361 g/mol. The van der Waals surface area contributed by atoms with Crippen LogP contribution < -0.4 is 0 Å². The molecule has 0 fully saturated rings. The summed E-state index contributed by atoms with van der Waals surface area (Å²) in [6, 6.07) is 17.0. The standard InChI is InChI=1S/C17H11BrClNO/c18-15-8-7-13(9-16(15)19)20-10-12-6-5-11-3-1-2-4-14(11)17(12)21/h1-10,21H. The van der Waals surface area contributed by atoms with Crippen LogP contribution in [0.15, 0.2) is 64.1 Å². The molecule has 0 unspecified atom stereocenters. The number of fused-ring (bicyclic) bond motifs is 1. The van der Waals surface area contributed by atoms with E-state index in [0.29, 0.717) is 10.6 Å². The molecule has 3 aromatic rings. The fourth-order valence-corrected chi connectivity index (χ4v) is 2.51. The van der Waals surface area contributed by atoms with E-state index in [1.54, 1.807) is 12.3 Å². The van der Waals surface area contributed by atoms with Gasteiger partial charge in [-0.05, 0) is 45.6 Å². The van der Waals surface area contributed by atoms with Crippen molar-refractivity contribution in [3.63, 3.8) is 0 Å². The van der Waals surface area contributed by atoms with E-state index in [9.17, 15) is 5.11 Å². The fraction of sp³-hybridized carbons (Fsp3) is 0. The number of phenolic OH excluding ortho intramolecular Hbond substituents is 1. The van der Waals surface area contributed by atoms with Gasteiger partial charge in [0.25, 0.3) is 0 Å². The zero-order chi connectivity index (χ0) is 14.8. The molecule has 0 aromatic heterocycles. The van der Waals surface area contributed by atoms with E-state index in [0.717, 1.165) is 20.9 Å². The summed E-state index contributed by atoms with van der Waals surface area (Å²) in [5.41, 5.74) is 1.41. The second kappa shape index (κ2) is 5.88. The largest absolute Gasteiger partial charge is 0.507 e. The quantitative estimate of drug-likeness (QED) is 0.583. The SMILES string of the molecule is Oc1c(C=Nc2ccc(Br)c(Cl)c2)ccc2ccccc12. The Balaban J connectivity index is 1.99. The monoisotopic (exact) mass is 359 g/mol. The molecule has 1 N–H and O–H groups in total. The zero-order valence-electron chi connectivity index (χ0n) is 10.9. The van der Waals surface area contributed by atoms with Crippen LogP contribution in [0.25, 0.3) is 10.8 Å². The van der Waals surface area contributed by atoms with Crippen molar-refractivity contribution in [1.82, 2.24) is 0 Å². The predicted octanol–water partition coefficient (Wildman–Crippen LogP) is 5.71. The smallest absolute Gasteiger partial charge is 0.132 e. The molecule has 0 saturated heterocycles. The van der Waals surface area contributed by atoms with Crippen molar-refractivity contribution in [2.24, 2.45) is 4.99 Å². The Kier molecular flexibility index (Phi) is 3.95. The van der Waals surface area contributed by atoms with Gasteiger partial charge < -0.3 is 5.11 Å². The van der Waals surface area contributed by atoms with Gasteiger partial charge in [0.1, 0.15) is 5.75 Å². The van der Waals surface area contributed by atoms with Gasteiger partial charge in [-0.25, -0.2) is 0 Å². The lowest BCUT2D eigenvalue weighted by Crippen LogP contribution is -1.84. The van der Waals surface area contributed by atoms with Crippen LogP contribution in [0, 0.1) is 0 Å². The molecular weight excluding hydrogens is 350 g/mol. The zero-order valence-corrected chi connectivity index (χ0v) is 13.3. The normalized spacial score (nSPS) is 11.3. The van der Waals surface area contributed by atoms with Crippen molar-refractivity contribution in [1.29, 1.82) is 0 Å². The molecule has 0 radical (unpaired) electrons. The summed E-state index contributed by atoms with van der Waals surface area (Å²) in [5.74, 6) is 0.236. The summed E-state index contributed by atoms with van der Waals surface area (Å²) < 4.78 is 0.830. The maximum absolute atomic E-state index is 10.3. The number of benzene rings is 3. The van der Waals surface area contributed by atoms with Gasteiger partial charge in [-0.15, -0.1) is 0 Å². The van der Waals surface area contributed by atoms with E-state index < -0.39 is 0 Å². The molecular formula is C17H11BrClNO. The highest BCUT2D eigenvalue weighted by atomic mass is 79.9. The molecule has 0 aliphatic heterocycles. The molecule has 0 atom stereocenters. The van der Waals surface area contributed by atoms with E-state index in [1.807, 2.05) is 48.5 Å². The highest BCUT2D eigenvalue weighted by Gasteiger charge is 2.04. The summed E-state index contributed by atoms with van der Waals surface area (Å²) >= 11 is 9.38. The number of halogens is 2. The Bertz CT molecular complexity index is 845. The Morgan fingerprint density at radius 3 is 2.67 bits per heavy atom. The van der Waals surface area contributed by atoms with Crippen LogP contribution in [-0.4, -0.2) is 11.3 Å². The van der Waals surface area contributed by atoms with Crippen LogP contribution in [0.4, 0.5) is 5.69 Å². The van der Waals surface area contributed by atoms with Crippen molar-refractivity contribution in [3.05, 3.63) is 69.7 Å². The highest BCUT2D eigenvalue weighted by Crippen LogP contribution is 2.29. The highest BCUT2D eigenvalue weighted by molar-refractivity contribution is 9.10. The Morgan fingerprint density at radius 2 is 1.86 bits per heavy atom. The second-order valence-electron chi connectivity index (χ2n) is 4.58. The molecule has 2 nitrogen and oxygen atoms in total. The van der Waals surface area contributed by atoms with Crippen LogP contribution >= 0.6 is 27.5 Å². The van der Waals surface area contributed by atoms with E-state index in [2.05, 4.69) is 20.9 Å². The Labute approximate surface area is 135 Å². The van der Waals surface area contributed by atoms with Crippen molar-refractivity contribution < 1.29 is 5.11 Å². The fourth-order valence-electron chi connectivity index (χ4n) is 2.09. The molecule has 0 aliphatic carbocycles. The minimum absolute atomic E-state index is 0.236. The van der Waals surface area contributed by atoms with Crippen molar-refractivity contribution in [2.75, 3.05) is 0 Å². The van der Waals surface area contributed by atoms with Gasteiger partial charge in [-0.3, -0.25) is 4.99 Å². The van der Waals surface area contributed by atoms with Crippen LogP contribution in [-0.2, 0) is 0 Å². The molecule has 4 heteroatoms. The average Bonchev–Trinajstić information content (AvgIpc) is 2.50. The molecule has 0 amide bonds. The maximum atomic E-state index is 10.3. The van der Waals surface area contributed by atoms with Gasteiger partial charge in [0.2, 0.25) is 0 Å². The van der Waals surface area contributed by atoms with E-state index in [4.69, 9.17) is 11.6 Å². The van der Waals surface area contributed by atoms with Crippen LogP contribution in [0.1, 0.15) is 5.56 Å². The van der Waals surface area contributed by atoms with Crippen molar-refractivity contribution in [3.8, 4) is 5.75 Å². The van der Waals surface area contributed by atoms with Gasteiger partial charge in [0.05, 0.1) is 10.7 Å². The summed E-state index contributed by atoms with van der Waals surface area (Å²) in [4.78, 5) is 4.36. The lowest BCUT2D eigenvalue weighted by Gasteiger charge is -2.04. The molecule has 0 bridgehead atoms. The minimum atomic E-state index is 0.236. The minimum Gasteiger partial charge on any atom is -0.507 e. The van der Waals surface area contributed by atoms with E-state index in [-0.39, 0.29) is 5.75 Å². The van der Waals surface area contributed by atoms with Crippen LogP contribution in [0.5, 0.6) is 5.75 Å². The summed E-state index contributed by atoms with van der Waals surface area (Å²) in [6.07, 6.45) is 1.64. The third-order valence-corrected chi connectivity index (χ3v) is 4.42. The third-order valence-electron chi connectivity index (χ3n) is 3.19. The van der Waals surface area contributed by atoms with Gasteiger partial charge in [-0.2, -0.15) is 0 Å². The van der Waals surface area contributed by atoms with Crippen molar-refractivity contribution in [2.45, 2.75) is 0 Å². The molecule has 3 aromatic carbocycles. The van der Waals surface area contributed by atoms with E-state index in [1.165, 1.54) is 0 Å². The lowest BCUT2D eigenvalue weighted by atomic mass is 10.1. The third kappa shape index (κ3) is 2.94. The molecule has 0 aliphatic rings. The molecule has 21 heavy (non-hydrogen) atoms. The number of aromatic hydroxyl groups is 1. The van der Waals surface area contributed by atoms with Crippen LogP contribution in [0.2, 0.25) is 5.02 Å². The molecule has 0 spiro atoms. The first-order valence-electron chi connectivity index (χ1n) is 6.35. The first kappa shape index (κ1) is 14.1. The topological polar surface area (TPSA) is 32.6 Å². The number of phenols is 1. The van der Waals surface area contributed by atoms with Crippen LogP contribution in [0.3, 0.4) is 0 Å². The second-order valence-corrected chi connectivity index (χ2v) is 5.84. The van der Waals surface area contributed by atoms with Gasteiger partial charge in [0.15, 0.2) is 0 Å². The maximum Gasteiger partial charge on any atom is 0.132 e. The first-order valence-corrected chi connectivity index (χ1v) is 7.52. The van der Waals surface area contributed by atoms with Crippen molar-refractivity contribution >= 4 is 50.2 Å². The van der Waals surface area contributed by atoms with Gasteiger partial charge in [-0.1, -0.05) is 41.9 Å². The Hall–Kier alpha value is -1.84. The number of hydrogen-bond donors (Lipinski definition) is 1. The number of aliphatic imine (C=N–C) groups is 1. The summed E-state index contributed by atoms with van der Waals surface area (Å²) in [7, 11) is 0. The summed E-state index contributed by atoms with van der Waals surface area (Å²) in [6.45, 7) is 0. The molecule has 0 heterocycles. The molecule has 104 valence electrons. The number of rotatable bonds is 2. The molecule has 3 rings (SSSR count).